The van der Waals surface area contributed by atoms with Gasteiger partial charge in [-0.25, -0.2) is 0 Å². The number of nitro groups is 1. The number of nitrogens with zero attached hydrogens (tertiary/aromatic N) is 1. The molecule has 1 rings (SSSR count). The lowest BCUT2D eigenvalue weighted by atomic mass is 10.1. The van der Waals surface area contributed by atoms with Crippen molar-refractivity contribution < 1.29 is 4.92 Å². The zero-order valence-corrected chi connectivity index (χ0v) is 7.62. The fourth-order valence-electron chi connectivity index (χ4n) is 1.19. The van der Waals surface area contributed by atoms with Crippen LogP contribution >= 0.6 is 0 Å². The Morgan fingerprint density at radius 1 is 1.62 bits per heavy atom. The molecule has 13 heavy (non-hydrogen) atoms. The first-order chi connectivity index (χ1) is 6.25. The average Bonchev–Trinajstić information content (AvgIpc) is 2.15. The largest absolute Gasteiger partial charge is 0.273 e. The van der Waals surface area contributed by atoms with Gasteiger partial charge in [0, 0.05) is 11.6 Å². The Balaban J connectivity index is 2.84. The first-order valence-electron chi connectivity index (χ1n) is 4.39. The minimum Gasteiger partial charge on any atom is -0.258 e. The molecule has 0 aromatic heterocycles. The highest BCUT2D eigenvalue weighted by atomic mass is 16.6. The fourth-order valence-corrected chi connectivity index (χ4v) is 1.19. The minimum absolute atomic E-state index is 0.191. The summed E-state index contributed by atoms with van der Waals surface area (Å²) in [5.74, 6) is 0. The zero-order chi connectivity index (χ0) is 9.68. The van der Waals surface area contributed by atoms with Gasteiger partial charge in [0.25, 0.3) is 5.69 Å². The molecule has 0 unspecified atom stereocenters. The molecule has 1 aromatic rings. The van der Waals surface area contributed by atoms with Crippen LogP contribution in [0.25, 0.3) is 0 Å². The zero-order valence-electron chi connectivity index (χ0n) is 7.62. The van der Waals surface area contributed by atoms with Gasteiger partial charge in [0.1, 0.15) is 0 Å². The van der Waals surface area contributed by atoms with Crippen LogP contribution in [-0.2, 0) is 6.42 Å². The van der Waals surface area contributed by atoms with Crippen LogP contribution in [0.15, 0.2) is 18.2 Å². The van der Waals surface area contributed by atoms with Gasteiger partial charge in [-0.2, -0.15) is 0 Å². The summed E-state index contributed by atoms with van der Waals surface area (Å²) >= 11 is 0. The van der Waals surface area contributed by atoms with Gasteiger partial charge in [0.05, 0.1) is 4.92 Å². The molecule has 0 aliphatic heterocycles. The molecule has 69 valence electrons. The lowest BCUT2D eigenvalue weighted by Gasteiger charge is -1.99. The van der Waals surface area contributed by atoms with Crippen molar-refractivity contribution in [1.82, 2.24) is 0 Å². The molecule has 0 fully saturated rings. The molecule has 1 aromatic carbocycles. The fraction of sp³-hybridized carbons (Fsp3) is 0.400. The van der Waals surface area contributed by atoms with Crippen LogP contribution in [0.1, 0.15) is 25.3 Å². The molecular formula is C10H12NO2. The van der Waals surface area contributed by atoms with E-state index in [-0.39, 0.29) is 10.6 Å². The molecule has 0 saturated carbocycles. The van der Waals surface area contributed by atoms with Crippen LogP contribution in [0.5, 0.6) is 0 Å². The molecule has 0 aliphatic rings. The van der Waals surface area contributed by atoms with Gasteiger partial charge >= 0.3 is 0 Å². The highest BCUT2D eigenvalue weighted by molar-refractivity contribution is 5.38. The van der Waals surface area contributed by atoms with E-state index in [0.717, 1.165) is 19.3 Å². The summed E-state index contributed by atoms with van der Waals surface area (Å²) in [7, 11) is 0. The summed E-state index contributed by atoms with van der Waals surface area (Å²) in [6.07, 6.45) is 2.76. The number of hydrogen-bond acceptors (Lipinski definition) is 2. The molecule has 0 atom stereocenters. The van der Waals surface area contributed by atoms with E-state index in [0.29, 0.717) is 5.56 Å². The normalized spacial score (nSPS) is 9.92. The van der Waals surface area contributed by atoms with E-state index in [2.05, 4.69) is 13.0 Å². The SMILES string of the molecule is CCCCc1[c]cccc1[N+](=O)[O-]. The second kappa shape index (κ2) is 4.60. The van der Waals surface area contributed by atoms with Crippen molar-refractivity contribution in [2.75, 3.05) is 0 Å². The van der Waals surface area contributed by atoms with Crippen molar-refractivity contribution in [3.8, 4) is 0 Å². The maximum absolute atomic E-state index is 10.6. The van der Waals surface area contributed by atoms with Crippen LogP contribution in [0.2, 0.25) is 0 Å². The Hall–Kier alpha value is -1.38. The van der Waals surface area contributed by atoms with Crippen LogP contribution in [-0.4, -0.2) is 4.92 Å². The van der Waals surface area contributed by atoms with Crippen molar-refractivity contribution >= 4 is 5.69 Å². The maximum Gasteiger partial charge on any atom is 0.273 e. The number of nitro benzene ring substituents is 1. The highest BCUT2D eigenvalue weighted by Crippen LogP contribution is 2.18. The van der Waals surface area contributed by atoms with Gasteiger partial charge in [-0.1, -0.05) is 25.5 Å². The van der Waals surface area contributed by atoms with Crippen molar-refractivity contribution in [2.45, 2.75) is 26.2 Å². The van der Waals surface area contributed by atoms with Crippen LogP contribution in [0.3, 0.4) is 0 Å². The standard InChI is InChI=1S/C10H12NO2/c1-2-3-6-9-7-4-5-8-10(9)11(12)13/h4-5,8H,2-3,6H2,1H3. The van der Waals surface area contributed by atoms with Crippen LogP contribution < -0.4 is 0 Å². The monoisotopic (exact) mass is 178 g/mol. The van der Waals surface area contributed by atoms with Gasteiger partial charge in [-0.3, -0.25) is 10.1 Å². The van der Waals surface area contributed by atoms with E-state index in [1.54, 1.807) is 12.1 Å². The third-order valence-electron chi connectivity index (χ3n) is 1.89. The molecule has 0 heterocycles. The molecule has 3 nitrogen and oxygen atoms in total. The Morgan fingerprint density at radius 3 is 3.00 bits per heavy atom. The highest BCUT2D eigenvalue weighted by Gasteiger charge is 2.10. The topological polar surface area (TPSA) is 43.1 Å². The van der Waals surface area contributed by atoms with Crippen molar-refractivity contribution in [3.63, 3.8) is 0 Å². The molecular weight excluding hydrogens is 166 g/mol. The number of hydrogen-bond donors (Lipinski definition) is 0. The minimum atomic E-state index is -0.346. The molecule has 0 amide bonds. The average molecular weight is 178 g/mol. The van der Waals surface area contributed by atoms with E-state index in [9.17, 15) is 10.1 Å². The predicted molar refractivity (Wildman–Crippen MR) is 50.5 cm³/mol. The maximum atomic E-state index is 10.6. The van der Waals surface area contributed by atoms with Crippen molar-refractivity contribution in [2.24, 2.45) is 0 Å². The van der Waals surface area contributed by atoms with Gasteiger partial charge < -0.3 is 0 Å². The van der Waals surface area contributed by atoms with Gasteiger partial charge in [-0.05, 0) is 18.9 Å². The summed E-state index contributed by atoms with van der Waals surface area (Å²) in [5.41, 5.74) is 0.908. The van der Waals surface area contributed by atoms with E-state index in [1.165, 1.54) is 6.07 Å². The summed E-state index contributed by atoms with van der Waals surface area (Å²) in [4.78, 5) is 10.2. The number of unbranched alkanes of at least 4 members (excludes halogenated alkanes) is 1. The van der Waals surface area contributed by atoms with Gasteiger partial charge in [-0.15, -0.1) is 0 Å². The summed E-state index contributed by atoms with van der Waals surface area (Å²) in [5, 5.41) is 10.6. The lowest BCUT2D eigenvalue weighted by Crippen LogP contribution is -1.95. The van der Waals surface area contributed by atoms with E-state index in [1.807, 2.05) is 0 Å². The van der Waals surface area contributed by atoms with E-state index < -0.39 is 0 Å². The number of aryl methyl sites for hydroxylation is 1. The lowest BCUT2D eigenvalue weighted by molar-refractivity contribution is -0.385. The van der Waals surface area contributed by atoms with E-state index in [4.69, 9.17) is 0 Å². The second-order valence-corrected chi connectivity index (χ2v) is 2.89. The van der Waals surface area contributed by atoms with Gasteiger partial charge in [0.2, 0.25) is 0 Å². The van der Waals surface area contributed by atoms with E-state index >= 15 is 0 Å². The molecule has 1 radical (unpaired) electrons. The van der Waals surface area contributed by atoms with Crippen molar-refractivity contribution in [1.29, 1.82) is 0 Å². The van der Waals surface area contributed by atoms with Crippen molar-refractivity contribution in [3.05, 3.63) is 39.9 Å². The molecule has 0 saturated heterocycles. The van der Waals surface area contributed by atoms with Crippen LogP contribution in [0, 0.1) is 16.2 Å². The summed E-state index contributed by atoms with van der Waals surface area (Å²) in [6, 6.07) is 7.81. The van der Waals surface area contributed by atoms with Crippen LogP contribution in [0.4, 0.5) is 5.69 Å². The quantitative estimate of drug-likeness (QED) is 0.525. The van der Waals surface area contributed by atoms with Gasteiger partial charge in [0.15, 0.2) is 0 Å². The Bertz CT molecular complexity index is 297. The molecule has 0 aliphatic carbocycles. The smallest absolute Gasteiger partial charge is 0.258 e. The molecule has 3 heteroatoms. The second-order valence-electron chi connectivity index (χ2n) is 2.89. The third kappa shape index (κ3) is 2.54. The summed E-state index contributed by atoms with van der Waals surface area (Å²) in [6.45, 7) is 2.06. The summed E-state index contributed by atoms with van der Waals surface area (Å²) < 4.78 is 0. The number of benzene rings is 1. The molecule has 0 bridgehead atoms. The Kier molecular flexibility index (Phi) is 3.43. The first kappa shape index (κ1) is 9.71. The number of rotatable bonds is 4. The Labute approximate surface area is 77.5 Å². The predicted octanol–water partition coefficient (Wildman–Crippen LogP) is 2.74. The Morgan fingerprint density at radius 2 is 2.38 bits per heavy atom. The third-order valence-corrected chi connectivity index (χ3v) is 1.89. The molecule has 0 N–H and O–H groups in total. The molecule has 0 spiro atoms. The first-order valence-corrected chi connectivity index (χ1v) is 4.39.